The minimum Gasteiger partial charge on any atom is -0.366 e. The fraction of sp³-hybridized carbons (Fsp3) is 0.188. The predicted molar refractivity (Wildman–Crippen MR) is 84.3 cm³/mol. The van der Waals surface area contributed by atoms with Gasteiger partial charge in [0.15, 0.2) is 0 Å². The fourth-order valence-corrected chi connectivity index (χ4v) is 2.67. The van der Waals surface area contributed by atoms with Crippen LogP contribution in [0.5, 0.6) is 0 Å². The molecule has 1 atom stereocenters. The van der Waals surface area contributed by atoms with E-state index in [0.29, 0.717) is 12.1 Å². The number of nitrogens with one attached hydrogen (secondary N) is 1. The summed E-state index contributed by atoms with van der Waals surface area (Å²) in [5.41, 5.74) is 6.90. The summed E-state index contributed by atoms with van der Waals surface area (Å²) in [7, 11) is 0. The van der Waals surface area contributed by atoms with Crippen LogP contribution in [0.25, 0.3) is 0 Å². The highest BCUT2D eigenvalue weighted by Gasteiger charge is 2.11. The number of halogens is 2. The number of hydrogen-bond donors (Lipinski definition) is 2. The van der Waals surface area contributed by atoms with Gasteiger partial charge in [-0.25, -0.2) is 4.39 Å². The molecule has 1 amide bonds. The molecule has 0 aliphatic rings. The first-order valence-electron chi connectivity index (χ1n) is 6.55. The molecule has 0 aromatic heterocycles. The number of carbonyl (C=O) groups excluding carboxylic acids is 1. The number of hydrogen-bond acceptors (Lipinski definition) is 2. The Bertz CT molecular complexity index is 660. The lowest BCUT2D eigenvalue weighted by Crippen LogP contribution is -2.19. The monoisotopic (exact) mass is 350 g/mol. The van der Waals surface area contributed by atoms with Crippen molar-refractivity contribution in [1.29, 1.82) is 0 Å². The van der Waals surface area contributed by atoms with Crippen molar-refractivity contribution in [3.05, 3.63) is 69.4 Å². The molecule has 2 aromatic rings. The van der Waals surface area contributed by atoms with Gasteiger partial charge in [-0.3, -0.25) is 4.79 Å². The van der Waals surface area contributed by atoms with E-state index in [0.717, 1.165) is 10.0 Å². The van der Waals surface area contributed by atoms with Crippen molar-refractivity contribution in [3.8, 4) is 0 Å². The number of amides is 1. The Hall–Kier alpha value is -1.72. The minimum absolute atomic E-state index is 0.0655. The number of carbonyl (C=O) groups is 1. The molecular formula is C16H16BrFN2O. The lowest BCUT2D eigenvalue weighted by molar-refractivity contribution is 0.1000. The number of benzene rings is 2. The van der Waals surface area contributed by atoms with Crippen molar-refractivity contribution in [2.24, 2.45) is 5.73 Å². The SMILES string of the molecule is C[C@H](NCc1ccc(C(N)=O)cc1F)c1ccccc1Br. The van der Waals surface area contributed by atoms with E-state index in [4.69, 9.17) is 5.73 Å². The molecule has 0 radical (unpaired) electrons. The lowest BCUT2D eigenvalue weighted by atomic mass is 10.1. The Balaban J connectivity index is 2.06. The molecule has 0 spiro atoms. The van der Waals surface area contributed by atoms with Gasteiger partial charge in [-0.05, 0) is 30.7 Å². The third kappa shape index (κ3) is 3.89. The van der Waals surface area contributed by atoms with Gasteiger partial charge in [-0.2, -0.15) is 0 Å². The van der Waals surface area contributed by atoms with E-state index in [-0.39, 0.29) is 11.6 Å². The average molecular weight is 351 g/mol. The summed E-state index contributed by atoms with van der Waals surface area (Å²) < 4.78 is 14.9. The topological polar surface area (TPSA) is 55.1 Å². The van der Waals surface area contributed by atoms with E-state index in [1.807, 2.05) is 31.2 Å². The van der Waals surface area contributed by atoms with Crippen molar-refractivity contribution in [2.45, 2.75) is 19.5 Å². The van der Waals surface area contributed by atoms with Crippen molar-refractivity contribution in [1.82, 2.24) is 5.32 Å². The first-order chi connectivity index (χ1) is 9.99. The highest BCUT2D eigenvalue weighted by atomic mass is 79.9. The van der Waals surface area contributed by atoms with Crippen LogP contribution in [0.3, 0.4) is 0 Å². The van der Waals surface area contributed by atoms with Crippen LogP contribution >= 0.6 is 15.9 Å². The Labute approximate surface area is 131 Å². The molecule has 5 heteroatoms. The maximum absolute atomic E-state index is 13.9. The zero-order chi connectivity index (χ0) is 15.4. The van der Waals surface area contributed by atoms with Crippen LogP contribution in [-0.4, -0.2) is 5.91 Å². The summed E-state index contributed by atoms with van der Waals surface area (Å²) in [4.78, 5) is 11.0. The molecule has 3 nitrogen and oxygen atoms in total. The van der Waals surface area contributed by atoms with Gasteiger partial charge in [0, 0.05) is 28.2 Å². The summed E-state index contributed by atoms with van der Waals surface area (Å²) >= 11 is 3.50. The van der Waals surface area contributed by atoms with E-state index in [1.54, 1.807) is 6.07 Å². The molecule has 0 aliphatic heterocycles. The third-order valence-corrected chi connectivity index (χ3v) is 4.03. The van der Waals surface area contributed by atoms with E-state index < -0.39 is 11.7 Å². The highest BCUT2D eigenvalue weighted by molar-refractivity contribution is 9.10. The fourth-order valence-electron chi connectivity index (χ4n) is 2.04. The van der Waals surface area contributed by atoms with Gasteiger partial charge < -0.3 is 11.1 Å². The Morgan fingerprint density at radius 1 is 1.33 bits per heavy atom. The molecule has 0 saturated heterocycles. The molecular weight excluding hydrogens is 335 g/mol. The number of rotatable bonds is 5. The summed E-state index contributed by atoms with van der Waals surface area (Å²) in [5.74, 6) is -1.06. The van der Waals surface area contributed by atoms with Gasteiger partial charge in [-0.1, -0.05) is 40.2 Å². The van der Waals surface area contributed by atoms with Crippen molar-refractivity contribution < 1.29 is 9.18 Å². The largest absolute Gasteiger partial charge is 0.366 e. The predicted octanol–water partition coefficient (Wildman–Crippen LogP) is 3.54. The average Bonchev–Trinajstić information content (AvgIpc) is 2.46. The molecule has 0 saturated carbocycles. The molecule has 110 valence electrons. The number of nitrogens with two attached hydrogens (primary N) is 1. The second-order valence-electron chi connectivity index (χ2n) is 4.79. The van der Waals surface area contributed by atoms with Gasteiger partial charge in [0.25, 0.3) is 0 Å². The smallest absolute Gasteiger partial charge is 0.248 e. The van der Waals surface area contributed by atoms with Crippen molar-refractivity contribution in [2.75, 3.05) is 0 Å². The first kappa shape index (κ1) is 15.7. The van der Waals surface area contributed by atoms with Gasteiger partial charge in [0.1, 0.15) is 5.82 Å². The summed E-state index contributed by atoms with van der Waals surface area (Å²) in [6.45, 7) is 2.38. The Morgan fingerprint density at radius 2 is 2.05 bits per heavy atom. The van der Waals surface area contributed by atoms with E-state index in [2.05, 4.69) is 21.2 Å². The zero-order valence-corrected chi connectivity index (χ0v) is 13.2. The third-order valence-electron chi connectivity index (χ3n) is 3.31. The molecule has 3 N–H and O–H groups in total. The lowest BCUT2D eigenvalue weighted by Gasteiger charge is -2.16. The van der Waals surface area contributed by atoms with Crippen LogP contribution in [-0.2, 0) is 6.54 Å². The van der Waals surface area contributed by atoms with Crippen LogP contribution < -0.4 is 11.1 Å². The van der Waals surface area contributed by atoms with Crippen molar-refractivity contribution in [3.63, 3.8) is 0 Å². The molecule has 0 aliphatic carbocycles. The normalized spacial score (nSPS) is 12.1. The molecule has 2 aromatic carbocycles. The van der Waals surface area contributed by atoms with Gasteiger partial charge >= 0.3 is 0 Å². The molecule has 0 unspecified atom stereocenters. The maximum Gasteiger partial charge on any atom is 0.248 e. The maximum atomic E-state index is 13.9. The molecule has 0 fully saturated rings. The van der Waals surface area contributed by atoms with Crippen LogP contribution in [0.1, 0.15) is 34.5 Å². The molecule has 0 heterocycles. The highest BCUT2D eigenvalue weighted by Crippen LogP contribution is 2.23. The van der Waals surface area contributed by atoms with Gasteiger partial charge in [-0.15, -0.1) is 0 Å². The van der Waals surface area contributed by atoms with Crippen LogP contribution in [0.15, 0.2) is 46.9 Å². The summed E-state index contributed by atoms with van der Waals surface area (Å²) in [6.07, 6.45) is 0. The van der Waals surface area contributed by atoms with Crippen LogP contribution in [0.2, 0.25) is 0 Å². The Morgan fingerprint density at radius 3 is 2.67 bits per heavy atom. The molecule has 0 bridgehead atoms. The van der Waals surface area contributed by atoms with Crippen LogP contribution in [0.4, 0.5) is 4.39 Å². The standard InChI is InChI=1S/C16H16BrFN2O/c1-10(13-4-2-3-5-14(13)17)20-9-12-7-6-11(16(19)21)8-15(12)18/h2-8,10,20H,9H2,1H3,(H2,19,21)/t10-/m0/s1. The number of primary amides is 1. The zero-order valence-electron chi connectivity index (χ0n) is 11.6. The Kier molecular flexibility index (Phi) is 5.09. The van der Waals surface area contributed by atoms with E-state index in [1.165, 1.54) is 12.1 Å². The van der Waals surface area contributed by atoms with Gasteiger partial charge in [0.05, 0.1) is 0 Å². The van der Waals surface area contributed by atoms with E-state index in [9.17, 15) is 9.18 Å². The molecule has 2 rings (SSSR count). The minimum atomic E-state index is -0.630. The molecule has 21 heavy (non-hydrogen) atoms. The first-order valence-corrected chi connectivity index (χ1v) is 7.34. The quantitative estimate of drug-likeness (QED) is 0.866. The van der Waals surface area contributed by atoms with Gasteiger partial charge in [0.2, 0.25) is 5.91 Å². The van der Waals surface area contributed by atoms with Crippen molar-refractivity contribution >= 4 is 21.8 Å². The summed E-state index contributed by atoms with van der Waals surface area (Å²) in [5, 5.41) is 3.26. The summed E-state index contributed by atoms with van der Waals surface area (Å²) in [6, 6.07) is 12.2. The van der Waals surface area contributed by atoms with Crippen LogP contribution in [0, 0.1) is 5.82 Å². The van der Waals surface area contributed by atoms with E-state index >= 15 is 0 Å². The second-order valence-corrected chi connectivity index (χ2v) is 5.65. The second kappa shape index (κ2) is 6.83.